The Bertz CT molecular complexity index is 201. The lowest BCUT2D eigenvalue weighted by atomic mass is 9.81. The van der Waals surface area contributed by atoms with Gasteiger partial charge in [-0.3, -0.25) is 0 Å². The number of nitrogens with zero attached hydrogens (tertiary/aromatic N) is 1. The standard InChI is InChI=1S/C15H32N2/c1-6-15(7-2,11-16-8-3)12-17-9-13(4)14(5)10-17/h13-14,16H,6-12H2,1-5H3. The van der Waals surface area contributed by atoms with E-state index in [2.05, 4.69) is 44.8 Å². The molecule has 2 nitrogen and oxygen atoms in total. The van der Waals surface area contributed by atoms with Gasteiger partial charge in [-0.05, 0) is 36.6 Å². The van der Waals surface area contributed by atoms with Gasteiger partial charge < -0.3 is 10.2 Å². The highest BCUT2D eigenvalue weighted by atomic mass is 15.2. The number of hydrogen-bond donors (Lipinski definition) is 1. The van der Waals surface area contributed by atoms with Crippen LogP contribution in [0.2, 0.25) is 0 Å². The van der Waals surface area contributed by atoms with Crippen LogP contribution in [-0.2, 0) is 0 Å². The van der Waals surface area contributed by atoms with E-state index in [4.69, 9.17) is 0 Å². The molecular formula is C15H32N2. The quantitative estimate of drug-likeness (QED) is 0.736. The highest BCUT2D eigenvalue weighted by molar-refractivity contribution is 4.87. The van der Waals surface area contributed by atoms with Crippen LogP contribution >= 0.6 is 0 Å². The van der Waals surface area contributed by atoms with E-state index in [1.54, 1.807) is 0 Å². The van der Waals surface area contributed by atoms with Gasteiger partial charge in [-0.15, -0.1) is 0 Å². The smallest absolute Gasteiger partial charge is 0.00502 e. The molecule has 0 aromatic carbocycles. The molecule has 2 heteroatoms. The number of nitrogens with one attached hydrogen (secondary N) is 1. The van der Waals surface area contributed by atoms with Gasteiger partial charge in [0.15, 0.2) is 0 Å². The van der Waals surface area contributed by atoms with Crippen LogP contribution < -0.4 is 5.32 Å². The molecular weight excluding hydrogens is 208 g/mol. The van der Waals surface area contributed by atoms with Gasteiger partial charge in [-0.1, -0.05) is 34.6 Å². The maximum atomic E-state index is 3.56. The summed E-state index contributed by atoms with van der Waals surface area (Å²) in [6, 6.07) is 0. The molecule has 17 heavy (non-hydrogen) atoms. The molecule has 0 aromatic rings. The summed E-state index contributed by atoms with van der Waals surface area (Å²) in [5, 5.41) is 3.56. The first-order valence-electron chi connectivity index (χ1n) is 7.50. The van der Waals surface area contributed by atoms with E-state index in [-0.39, 0.29) is 0 Å². The molecule has 0 amide bonds. The van der Waals surface area contributed by atoms with E-state index in [1.165, 1.54) is 39.0 Å². The van der Waals surface area contributed by atoms with Crippen molar-refractivity contribution in [3.05, 3.63) is 0 Å². The summed E-state index contributed by atoms with van der Waals surface area (Å²) in [5.41, 5.74) is 0.486. The predicted molar refractivity (Wildman–Crippen MR) is 76.3 cm³/mol. The molecule has 2 unspecified atom stereocenters. The Morgan fingerprint density at radius 1 is 1.06 bits per heavy atom. The summed E-state index contributed by atoms with van der Waals surface area (Å²) >= 11 is 0. The van der Waals surface area contributed by atoms with E-state index >= 15 is 0 Å². The Labute approximate surface area is 108 Å². The van der Waals surface area contributed by atoms with Crippen molar-refractivity contribution in [2.45, 2.75) is 47.5 Å². The van der Waals surface area contributed by atoms with Crippen molar-refractivity contribution in [2.75, 3.05) is 32.7 Å². The topological polar surface area (TPSA) is 15.3 Å². The van der Waals surface area contributed by atoms with Gasteiger partial charge in [0.05, 0.1) is 0 Å². The van der Waals surface area contributed by atoms with Crippen LogP contribution in [0.15, 0.2) is 0 Å². The second-order valence-electron chi connectivity index (χ2n) is 6.14. The summed E-state index contributed by atoms with van der Waals surface area (Å²) in [7, 11) is 0. The van der Waals surface area contributed by atoms with Crippen LogP contribution in [0.5, 0.6) is 0 Å². The maximum Gasteiger partial charge on any atom is 0.00502 e. The lowest BCUT2D eigenvalue weighted by Crippen LogP contribution is -2.43. The van der Waals surface area contributed by atoms with E-state index in [1.807, 2.05) is 0 Å². The highest BCUT2D eigenvalue weighted by Gasteiger charge is 2.33. The average Bonchev–Trinajstić information content (AvgIpc) is 2.64. The molecule has 0 saturated carbocycles. The second kappa shape index (κ2) is 6.75. The van der Waals surface area contributed by atoms with Gasteiger partial charge in [0, 0.05) is 26.2 Å². The van der Waals surface area contributed by atoms with Crippen molar-refractivity contribution in [3.63, 3.8) is 0 Å². The zero-order valence-electron chi connectivity index (χ0n) is 12.6. The molecule has 1 heterocycles. The Hall–Kier alpha value is -0.0800. The fraction of sp³-hybridized carbons (Fsp3) is 1.00. The summed E-state index contributed by atoms with van der Waals surface area (Å²) in [4.78, 5) is 2.69. The summed E-state index contributed by atoms with van der Waals surface area (Å²) in [6.07, 6.45) is 2.57. The lowest BCUT2D eigenvalue weighted by molar-refractivity contribution is 0.151. The molecule has 1 rings (SSSR count). The summed E-state index contributed by atoms with van der Waals surface area (Å²) < 4.78 is 0. The Balaban J connectivity index is 2.54. The van der Waals surface area contributed by atoms with Crippen molar-refractivity contribution in [1.29, 1.82) is 0 Å². The fourth-order valence-electron chi connectivity index (χ4n) is 3.02. The van der Waals surface area contributed by atoms with E-state index in [9.17, 15) is 0 Å². The third-order valence-corrected chi connectivity index (χ3v) is 4.87. The van der Waals surface area contributed by atoms with E-state index in [0.717, 1.165) is 18.4 Å². The van der Waals surface area contributed by atoms with Gasteiger partial charge in [0.1, 0.15) is 0 Å². The minimum absolute atomic E-state index is 0.486. The van der Waals surface area contributed by atoms with Gasteiger partial charge in [-0.2, -0.15) is 0 Å². The monoisotopic (exact) mass is 240 g/mol. The average molecular weight is 240 g/mol. The third kappa shape index (κ3) is 3.96. The molecule has 0 radical (unpaired) electrons. The molecule has 1 fully saturated rings. The van der Waals surface area contributed by atoms with E-state index < -0.39 is 0 Å². The molecule has 1 aliphatic heterocycles. The number of likely N-dealkylation sites (tertiary alicyclic amines) is 1. The SMILES string of the molecule is CCNCC(CC)(CC)CN1CC(C)C(C)C1. The largest absolute Gasteiger partial charge is 0.316 e. The van der Waals surface area contributed by atoms with Crippen LogP contribution in [0.4, 0.5) is 0 Å². The minimum Gasteiger partial charge on any atom is -0.316 e. The molecule has 0 spiro atoms. The van der Waals surface area contributed by atoms with Gasteiger partial charge in [-0.25, -0.2) is 0 Å². The third-order valence-electron chi connectivity index (χ3n) is 4.87. The molecule has 0 aromatic heterocycles. The maximum absolute atomic E-state index is 3.56. The van der Waals surface area contributed by atoms with Crippen molar-refractivity contribution < 1.29 is 0 Å². The van der Waals surface area contributed by atoms with Gasteiger partial charge in [0.2, 0.25) is 0 Å². The predicted octanol–water partition coefficient (Wildman–Crippen LogP) is 2.99. The zero-order chi connectivity index (χ0) is 12.9. The van der Waals surface area contributed by atoms with Crippen molar-refractivity contribution in [3.8, 4) is 0 Å². The van der Waals surface area contributed by atoms with Crippen LogP contribution in [0.25, 0.3) is 0 Å². The minimum atomic E-state index is 0.486. The Morgan fingerprint density at radius 3 is 2.00 bits per heavy atom. The molecule has 102 valence electrons. The van der Waals surface area contributed by atoms with Crippen molar-refractivity contribution >= 4 is 0 Å². The summed E-state index contributed by atoms with van der Waals surface area (Å²) in [6.45, 7) is 17.8. The molecule has 0 bridgehead atoms. The fourth-order valence-corrected chi connectivity index (χ4v) is 3.02. The highest BCUT2D eigenvalue weighted by Crippen LogP contribution is 2.31. The first-order valence-corrected chi connectivity index (χ1v) is 7.50. The van der Waals surface area contributed by atoms with Crippen LogP contribution in [0.3, 0.4) is 0 Å². The first-order chi connectivity index (χ1) is 8.06. The molecule has 2 atom stereocenters. The van der Waals surface area contributed by atoms with Crippen LogP contribution in [-0.4, -0.2) is 37.6 Å². The second-order valence-corrected chi connectivity index (χ2v) is 6.14. The molecule has 1 saturated heterocycles. The lowest BCUT2D eigenvalue weighted by Gasteiger charge is -2.36. The van der Waals surface area contributed by atoms with Gasteiger partial charge in [0.25, 0.3) is 0 Å². The Morgan fingerprint density at radius 2 is 1.59 bits per heavy atom. The summed E-state index contributed by atoms with van der Waals surface area (Å²) in [5.74, 6) is 1.75. The molecule has 1 aliphatic rings. The Kier molecular flexibility index (Phi) is 5.94. The van der Waals surface area contributed by atoms with Crippen molar-refractivity contribution in [1.82, 2.24) is 10.2 Å². The zero-order valence-corrected chi connectivity index (χ0v) is 12.6. The first kappa shape index (κ1) is 15.0. The van der Waals surface area contributed by atoms with Gasteiger partial charge >= 0.3 is 0 Å². The van der Waals surface area contributed by atoms with E-state index in [0.29, 0.717) is 5.41 Å². The van der Waals surface area contributed by atoms with Crippen LogP contribution in [0.1, 0.15) is 47.5 Å². The normalized spacial score (nSPS) is 26.6. The molecule has 0 aliphatic carbocycles. The number of hydrogen-bond acceptors (Lipinski definition) is 2. The molecule has 1 N–H and O–H groups in total. The number of rotatable bonds is 7. The van der Waals surface area contributed by atoms with Crippen molar-refractivity contribution in [2.24, 2.45) is 17.3 Å². The van der Waals surface area contributed by atoms with Crippen LogP contribution in [0, 0.1) is 17.3 Å².